The van der Waals surface area contributed by atoms with Crippen LogP contribution in [0.3, 0.4) is 0 Å². The van der Waals surface area contributed by atoms with Crippen LogP contribution in [0.2, 0.25) is 0 Å². The first-order valence-electron chi connectivity index (χ1n) is 19.0. The molecule has 0 atom stereocenters. The van der Waals surface area contributed by atoms with E-state index < -0.39 is 0 Å². The molecule has 3 nitrogen and oxygen atoms in total. The zero-order valence-electron chi connectivity index (χ0n) is 33.8. The van der Waals surface area contributed by atoms with Crippen LogP contribution >= 0.6 is 0 Å². The smallest absolute Gasteiger partial charge is 0.0705 e. The number of allylic oxidation sites excluding steroid dienone is 1. The predicted molar refractivity (Wildman–Crippen MR) is 218 cm³/mol. The Morgan fingerprint density at radius 1 is 0.812 bits per heavy atom. The minimum Gasteiger partial charge on any atom is -0.381 e. The average Bonchev–Trinajstić information content (AvgIpc) is 3.08. The fourth-order valence-electron chi connectivity index (χ4n) is 5.24. The van der Waals surface area contributed by atoms with Gasteiger partial charge in [-0.2, -0.15) is 0 Å². The van der Waals surface area contributed by atoms with E-state index in [0.29, 0.717) is 5.92 Å². The molecular formula is C45H74N2O. The van der Waals surface area contributed by atoms with E-state index in [1.807, 2.05) is 48.5 Å². The van der Waals surface area contributed by atoms with E-state index in [1.54, 1.807) is 0 Å². The van der Waals surface area contributed by atoms with Crippen molar-refractivity contribution in [2.75, 3.05) is 13.2 Å². The molecule has 0 bridgehead atoms. The van der Waals surface area contributed by atoms with Crippen molar-refractivity contribution < 1.29 is 4.74 Å². The first kappa shape index (κ1) is 47.1. The van der Waals surface area contributed by atoms with Crippen molar-refractivity contribution in [3.05, 3.63) is 101 Å². The van der Waals surface area contributed by atoms with Crippen LogP contribution in [0.5, 0.6) is 0 Å². The van der Waals surface area contributed by atoms with Gasteiger partial charge in [0.15, 0.2) is 0 Å². The molecule has 0 saturated heterocycles. The van der Waals surface area contributed by atoms with Gasteiger partial charge in [-0.1, -0.05) is 144 Å². The van der Waals surface area contributed by atoms with Gasteiger partial charge >= 0.3 is 0 Å². The van der Waals surface area contributed by atoms with Gasteiger partial charge in [-0.3, -0.25) is 9.98 Å². The number of aromatic nitrogens is 1. The fourth-order valence-corrected chi connectivity index (χ4v) is 5.24. The Morgan fingerprint density at radius 2 is 1.42 bits per heavy atom. The highest BCUT2D eigenvalue weighted by Crippen LogP contribution is 2.23. The van der Waals surface area contributed by atoms with Crippen molar-refractivity contribution in [3.63, 3.8) is 0 Å². The molecule has 0 radical (unpaired) electrons. The Morgan fingerprint density at radius 3 is 1.90 bits per heavy atom. The molecule has 3 rings (SSSR count). The monoisotopic (exact) mass is 659 g/mol. The summed E-state index contributed by atoms with van der Waals surface area (Å²) >= 11 is 0. The van der Waals surface area contributed by atoms with Crippen molar-refractivity contribution in [1.29, 1.82) is 0 Å². The molecule has 2 aromatic carbocycles. The van der Waals surface area contributed by atoms with E-state index in [-0.39, 0.29) is 0 Å². The first-order chi connectivity index (χ1) is 23.1. The Hall–Kier alpha value is -3.04. The third-order valence-electron chi connectivity index (χ3n) is 7.42. The maximum atomic E-state index is 5.24. The highest BCUT2D eigenvalue weighted by Gasteiger charge is 2.09. The number of nitrogens with zero attached hydrogens (tertiary/aromatic N) is 2. The Labute approximate surface area is 298 Å². The Bertz CT molecular complexity index is 1240. The maximum Gasteiger partial charge on any atom is 0.0705 e. The predicted octanol–water partition coefficient (Wildman–Crippen LogP) is 13.8. The SMILES string of the molecule is C=C(C)N=C(C)c1ccc(-c2ccc(C)c(CC)c2)nc1C.CC.CC.CCCC(CCC)Cc1ccccc1.CCCOCC(C)C. The van der Waals surface area contributed by atoms with Crippen molar-refractivity contribution in [2.45, 2.75) is 142 Å². The second-order valence-corrected chi connectivity index (χ2v) is 12.4. The van der Waals surface area contributed by atoms with Gasteiger partial charge in [-0.15, -0.1) is 0 Å². The molecule has 0 aliphatic rings. The number of aliphatic imine (C=N–C) groups is 1. The average molecular weight is 659 g/mol. The van der Waals surface area contributed by atoms with Gasteiger partial charge in [-0.05, 0) is 93.7 Å². The minimum absolute atomic E-state index is 0.682. The van der Waals surface area contributed by atoms with Crippen LogP contribution in [0.1, 0.15) is 143 Å². The quantitative estimate of drug-likeness (QED) is 0.128. The third-order valence-corrected chi connectivity index (χ3v) is 7.42. The largest absolute Gasteiger partial charge is 0.381 e. The van der Waals surface area contributed by atoms with Crippen LogP contribution in [0.4, 0.5) is 0 Å². The van der Waals surface area contributed by atoms with Gasteiger partial charge in [0.1, 0.15) is 0 Å². The molecule has 270 valence electrons. The summed E-state index contributed by atoms with van der Waals surface area (Å²) < 4.78 is 5.24. The topological polar surface area (TPSA) is 34.5 Å². The van der Waals surface area contributed by atoms with Crippen LogP contribution in [-0.2, 0) is 17.6 Å². The summed E-state index contributed by atoms with van der Waals surface area (Å²) in [4.78, 5) is 9.20. The molecule has 0 spiro atoms. The molecule has 3 heteroatoms. The number of aryl methyl sites for hydroxylation is 3. The molecule has 48 heavy (non-hydrogen) atoms. The molecule has 0 aliphatic heterocycles. The van der Waals surface area contributed by atoms with Crippen LogP contribution < -0.4 is 0 Å². The van der Waals surface area contributed by atoms with Gasteiger partial charge in [0.05, 0.1) is 5.69 Å². The Kier molecular flexibility index (Phi) is 29.5. The van der Waals surface area contributed by atoms with Crippen molar-refractivity contribution in [3.8, 4) is 11.3 Å². The fraction of sp³-hybridized carbons (Fsp3) is 0.556. The second kappa shape index (κ2) is 30.1. The van der Waals surface area contributed by atoms with Crippen molar-refractivity contribution in [2.24, 2.45) is 16.8 Å². The van der Waals surface area contributed by atoms with Gasteiger partial charge in [0.2, 0.25) is 0 Å². The lowest BCUT2D eigenvalue weighted by Crippen LogP contribution is -2.03. The van der Waals surface area contributed by atoms with Crippen molar-refractivity contribution >= 4 is 5.71 Å². The standard InChI is InChI=1S/C20H24N2.C14H22.C7H16O.2C2H6/c1-7-17-12-18(9-8-14(17)4)20-11-10-19(16(6)22-20)15(5)21-13(2)3;1-3-8-13(9-4-2)12-14-10-6-5-7-11-14;1-4-5-8-6-7(2)3;2*1-2/h8-12H,2,7H2,1,3-6H3;5-7,10-11,13H,3-4,8-9,12H2,1-2H3;7H,4-6H2,1-3H3;2*1-2H3. The molecule has 0 amide bonds. The van der Waals surface area contributed by atoms with Crippen LogP contribution in [0.25, 0.3) is 11.3 Å². The Balaban J connectivity index is 0. The van der Waals surface area contributed by atoms with Gasteiger partial charge in [0.25, 0.3) is 0 Å². The summed E-state index contributed by atoms with van der Waals surface area (Å²) in [5.74, 6) is 1.58. The molecule has 0 fully saturated rings. The van der Waals surface area contributed by atoms with Crippen LogP contribution in [0.15, 0.2) is 77.9 Å². The summed E-state index contributed by atoms with van der Waals surface area (Å²) in [6, 6.07) is 21.6. The molecule has 1 heterocycles. The van der Waals surface area contributed by atoms with E-state index in [2.05, 4.69) is 121 Å². The lowest BCUT2D eigenvalue weighted by atomic mass is 9.91. The lowest BCUT2D eigenvalue weighted by Gasteiger charge is -2.14. The zero-order valence-corrected chi connectivity index (χ0v) is 33.8. The van der Waals surface area contributed by atoms with E-state index in [4.69, 9.17) is 9.72 Å². The molecule has 0 unspecified atom stereocenters. The van der Waals surface area contributed by atoms with Gasteiger partial charge in [0, 0.05) is 41.4 Å². The minimum atomic E-state index is 0.682. The number of hydrogen-bond acceptors (Lipinski definition) is 3. The summed E-state index contributed by atoms with van der Waals surface area (Å²) in [6.45, 7) is 35.0. The van der Waals surface area contributed by atoms with E-state index >= 15 is 0 Å². The molecule has 3 aromatic rings. The zero-order chi connectivity index (χ0) is 36.9. The first-order valence-corrected chi connectivity index (χ1v) is 19.0. The number of pyridine rings is 1. The highest BCUT2D eigenvalue weighted by atomic mass is 16.5. The summed E-state index contributed by atoms with van der Waals surface area (Å²) in [5, 5.41) is 0. The molecule has 0 aliphatic carbocycles. The number of ether oxygens (including phenoxy) is 1. The van der Waals surface area contributed by atoms with Gasteiger partial charge in [-0.25, -0.2) is 0 Å². The summed E-state index contributed by atoms with van der Waals surface area (Å²) in [7, 11) is 0. The number of rotatable bonds is 14. The number of hydrogen-bond donors (Lipinski definition) is 0. The molecular weight excluding hydrogens is 585 g/mol. The van der Waals surface area contributed by atoms with E-state index in [0.717, 1.165) is 60.3 Å². The molecule has 1 aromatic heterocycles. The maximum absolute atomic E-state index is 5.24. The number of benzene rings is 2. The van der Waals surface area contributed by atoms with Crippen LogP contribution in [-0.4, -0.2) is 23.9 Å². The summed E-state index contributed by atoms with van der Waals surface area (Å²) in [6.07, 6.45) is 8.83. The van der Waals surface area contributed by atoms with E-state index in [9.17, 15) is 0 Å². The second-order valence-electron chi connectivity index (χ2n) is 12.4. The third kappa shape index (κ3) is 21.0. The summed E-state index contributed by atoms with van der Waals surface area (Å²) in [5.41, 5.74) is 10.2. The highest BCUT2D eigenvalue weighted by molar-refractivity contribution is 6.00. The molecule has 0 N–H and O–H groups in total. The normalized spacial score (nSPS) is 10.5. The van der Waals surface area contributed by atoms with E-state index in [1.165, 1.54) is 54.4 Å². The van der Waals surface area contributed by atoms with Crippen LogP contribution in [0, 0.1) is 25.7 Å². The molecule has 0 saturated carbocycles. The van der Waals surface area contributed by atoms with Gasteiger partial charge < -0.3 is 4.74 Å². The lowest BCUT2D eigenvalue weighted by molar-refractivity contribution is 0.110. The van der Waals surface area contributed by atoms with Crippen molar-refractivity contribution in [1.82, 2.24) is 4.98 Å².